The van der Waals surface area contributed by atoms with Crippen molar-refractivity contribution in [2.45, 2.75) is 0 Å². The van der Waals surface area contributed by atoms with Crippen LogP contribution in [-0.2, 0) is 0 Å². The normalized spacial score (nSPS) is 13.8. The van der Waals surface area contributed by atoms with Gasteiger partial charge in [-0.3, -0.25) is 4.79 Å². The van der Waals surface area contributed by atoms with Crippen molar-refractivity contribution in [3.63, 3.8) is 0 Å². The van der Waals surface area contributed by atoms with Crippen molar-refractivity contribution < 1.29 is 9.90 Å². The molecule has 1 fully saturated rings. The molecule has 2 N–H and O–H groups in total. The number of aromatic carboxylic acids is 1. The number of likely N-dealkylation sites (N-methyl/N-ethyl adjacent to an activating group) is 1. The zero-order valence-electron chi connectivity index (χ0n) is 22.5. The summed E-state index contributed by atoms with van der Waals surface area (Å²) in [5.41, 5.74) is 2.59. The lowest BCUT2D eigenvalue weighted by Crippen LogP contribution is -2.44. The van der Waals surface area contributed by atoms with Gasteiger partial charge in [-0.2, -0.15) is 9.78 Å². The lowest BCUT2D eigenvalue weighted by molar-refractivity contribution is 0.0697. The average molecular weight is 602 g/mol. The number of hydrogen-bond acceptors (Lipinski definition) is 8. The van der Waals surface area contributed by atoms with E-state index in [1.54, 1.807) is 30.3 Å². The van der Waals surface area contributed by atoms with Gasteiger partial charge in [0.05, 0.1) is 21.0 Å². The summed E-state index contributed by atoms with van der Waals surface area (Å²) in [6.45, 7) is 3.96. The fourth-order valence-electron chi connectivity index (χ4n) is 4.87. The maximum atomic E-state index is 13.7. The Morgan fingerprint density at radius 3 is 2.33 bits per heavy atom. The van der Waals surface area contributed by atoms with Crippen molar-refractivity contribution in [2.24, 2.45) is 0 Å². The fraction of sp³-hybridized carbons (Fsp3) is 0.167. The molecule has 1 aliphatic heterocycles. The quantitative estimate of drug-likeness (QED) is 0.266. The molecule has 0 aliphatic carbocycles. The first kappa shape index (κ1) is 27.6. The number of para-hydroxylation sites is 1. The monoisotopic (exact) mass is 601 g/mol. The number of piperazine rings is 1. The van der Waals surface area contributed by atoms with Crippen molar-refractivity contribution in [3.8, 4) is 16.9 Å². The molecule has 0 bridgehead atoms. The topological polar surface area (TPSA) is 116 Å². The van der Waals surface area contributed by atoms with Gasteiger partial charge >= 0.3 is 5.97 Å². The van der Waals surface area contributed by atoms with Crippen LogP contribution in [0.25, 0.3) is 27.8 Å². The Hall–Kier alpha value is -4.51. The van der Waals surface area contributed by atoms with Crippen molar-refractivity contribution in [1.82, 2.24) is 24.6 Å². The van der Waals surface area contributed by atoms with Gasteiger partial charge in [0.1, 0.15) is 16.9 Å². The summed E-state index contributed by atoms with van der Waals surface area (Å²) in [5, 5.41) is 18.0. The molecule has 2 aromatic heterocycles. The zero-order chi connectivity index (χ0) is 29.4. The van der Waals surface area contributed by atoms with Gasteiger partial charge in [0.25, 0.3) is 5.56 Å². The Morgan fingerprint density at radius 2 is 1.64 bits per heavy atom. The van der Waals surface area contributed by atoms with E-state index in [9.17, 15) is 14.7 Å². The first-order chi connectivity index (χ1) is 20.3. The number of nitrogens with zero attached hydrogens (tertiary/aromatic N) is 6. The number of anilines is 3. The van der Waals surface area contributed by atoms with Crippen LogP contribution in [0.2, 0.25) is 10.0 Å². The Labute approximate surface area is 250 Å². The number of carbonyl (C=O) groups is 1. The SMILES string of the molecule is CN1CCN(c2ccc(Nc3ncc4c(=O)n(-c5c(Cl)cccc5Cl)nc(-c5cccc(C(=O)O)c5)c4n3)cc2)CC1. The van der Waals surface area contributed by atoms with E-state index >= 15 is 0 Å². The minimum atomic E-state index is -1.10. The lowest BCUT2D eigenvalue weighted by atomic mass is 10.1. The average Bonchev–Trinajstić information content (AvgIpc) is 2.99. The van der Waals surface area contributed by atoms with E-state index in [-0.39, 0.29) is 43.8 Å². The van der Waals surface area contributed by atoms with E-state index in [0.717, 1.165) is 42.2 Å². The van der Waals surface area contributed by atoms with Gasteiger partial charge < -0.3 is 20.2 Å². The fourth-order valence-corrected chi connectivity index (χ4v) is 5.43. The third-order valence-electron chi connectivity index (χ3n) is 7.16. The number of carboxylic acids is 1. The van der Waals surface area contributed by atoms with Crippen molar-refractivity contribution in [2.75, 3.05) is 43.4 Å². The molecule has 212 valence electrons. The van der Waals surface area contributed by atoms with Crippen molar-refractivity contribution in [3.05, 3.63) is 98.9 Å². The highest BCUT2D eigenvalue weighted by Crippen LogP contribution is 2.31. The van der Waals surface area contributed by atoms with Crippen LogP contribution in [0.1, 0.15) is 10.4 Å². The molecular formula is C30H25Cl2N7O3. The van der Waals surface area contributed by atoms with Crippen LogP contribution in [0, 0.1) is 0 Å². The van der Waals surface area contributed by atoms with E-state index < -0.39 is 11.5 Å². The molecule has 10 nitrogen and oxygen atoms in total. The predicted molar refractivity (Wildman–Crippen MR) is 165 cm³/mol. The molecule has 3 aromatic carbocycles. The van der Waals surface area contributed by atoms with Crippen LogP contribution in [0.3, 0.4) is 0 Å². The standard InChI is InChI=1S/C30H25Cl2N7O3/c1-37-12-14-38(15-13-37)21-10-8-20(9-11-21)34-30-33-17-22-26(35-30)25(18-4-2-5-19(16-18)29(41)42)36-39(28(22)40)27-23(31)6-3-7-24(27)32/h2-11,16-17H,12-15H2,1H3,(H,41,42)(H,33,34,35). The minimum Gasteiger partial charge on any atom is -0.478 e. The van der Waals surface area contributed by atoms with Crippen LogP contribution < -0.4 is 15.8 Å². The summed E-state index contributed by atoms with van der Waals surface area (Å²) in [6.07, 6.45) is 1.42. The van der Waals surface area contributed by atoms with Gasteiger partial charge in [-0.25, -0.2) is 14.8 Å². The first-order valence-electron chi connectivity index (χ1n) is 13.2. The molecule has 6 rings (SSSR count). The summed E-state index contributed by atoms with van der Waals surface area (Å²) >= 11 is 12.9. The minimum absolute atomic E-state index is 0.0591. The van der Waals surface area contributed by atoms with Crippen molar-refractivity contribution >= 4 is 57.4 Å². The lowest BCUT2D eigenvalue weighted by Gasteiger charge is -2.34. The number of carboxylic acid groups (broad SMARTS) is 1. The Kier molecular flexibility index (Phi) is 7.51. The highest BCUT2D eigenvalue weighted by Gasteiger charge is 2.20. The predicted octanol–water partition coefficient (Wildman–Crippen LogP) is 5.34. The van der Waals surface area contributed by atoms with Crippen LogP contribution >= 0.6 is 23.2 Å². The van der Waals surface area contributed by atoms with Crippen LogP contribution in [0.15, 0.2) is 77.7 Å². The molecular weight excluding hydrogens is 577 g/mol. The molecule has 3 heterocycles. The number of rotatable bonds is 6. The number of benzene rings is 3. The molecule has 0 unspecified atom stereocenters. The molecule has 0 saturated carbocycles. The number of aromatic nitrogens is 4. The molecule has 42 heavy (non-hydrogen) atoms. The zero-order valence-corrected chi connectivity index (χ0v) is 24.0. The highest BCUT2D eigenvalue weighted by molar-refractivity contribution is 6.37. The Balaban J connectivity index is 1.44. The van der Waals surface area contributed by atoms with Crippen molar-refractivity contribution in [1.29, 1.82) is 0 Å². The number of fused-ring (bicyclic) bond motifs is 1. The summed E-state index contributed by atoms with van der Waals surface area (Å²) in [6, 6.07) is 19.1. The van der Waals surface area contributed by atoms with E-state index in [1.807, 2.05) is 24.3 Å². The number of hydrogen-bond donors (Lipinski definition) is 2. The second kappa shape index (κ2) is 11.4. The maximum absolute atomic E-state index is 13.7. The molecule has 1 saturated heterocycles. The molecule has 0 atom stereocenters. The second-order valence-electron chi connectivity index (χ2n) is 9.94. The summed E-state index contributed by atoms with van der Waals surface area (Å²) in [4.78, 5) is 39.1. The van der Waals surface area contributed by atoms with E-state index in [1.165, 1.54) is 18.3 Å². The summed E-state index contributed by atoms with van der Waals surface area (Å²) in [7, 11) is 2.12. The van der Waals surface area contributed by atoms with Gasteiger partial charge in [0.15, 0.2) is 0 Å². The van der Waals surface area contributed by atoms with Crippen LogP contribution in [0.5, 0.6) is 0 Å². The van der Waals surface area contributed by atoms with Gasteiger partial charge in [0, 0.05) is 49.3 Å². The molecule has 0 spiro atoms. The molecule has 12 heteroatoms. The third-order valence-corrected chi connectivity index (χ3v) is 7.77. The van der Waals surface area contributed by atoms with Gasteiger partial charge in [-0.1, -0.05) is 41.4 Å². The van der Waals surface area contributed by atoms with Gasteiger partial charge in [0.2, 0.25) is 5.95 Å². The maximum Gasteiger partial charge on any atom is 0.335 e. The van der Waals surface area contributed by atoms with Crippen LogP contribution in [0.4, 0.5) is 17.3 Å². The largest absolute Gasteiger partial charge is 0.478 e. The van der Waals surface area contributed by atoms with Gasteiger partial charge in [-0.15, -0.1) is 0 Å². The van der Waals surface area contributed by atoms with E-state index in [4.69, 9.17) is 23.2 Å². The third kappa shape index (κ3) is 5.39. The first-order valence-corrected chi connectivity index (χ1v) is 13.9. The number of nitrogens with one attached hydrogen (secondary N) is 1. The highest BCUT2D eigenvalue weighted by atomic mass is 35.5. The van der Waals surface area contributed by atoms with E-state index in [0.29, 0.717) is 5.56 Å². The Morgan fingerprint density at radius 1 is 0.952 bits per heavy atom. The molecule has 5 aromatic rings. The van der Waals surface area contributed by atoms with Gasteiger partial charge in [-0.05, 0) is 55.6 Å². The summed E-state index contributed by atoms with van der Waals surface area (Å²) < 4.78 is 1.10. The molecule has 0 amide bonds. The van der Waals surface area contributed by atoms with E-state index in [2.05, 4.69) is 37.2 Å². The summed E-state index contributed by atoms with van der Waals surface area (Å²) in [5.74, 6) is -0.846. The second-order valence-corrected chi connectivity index (χ2v) is 10.8. The number of halogens is 2. The van der Waals surface area contributed by atoms with Crippen LogP contribution in [-0.4, -0.2) is 69.0 Å². The smallest absolute Gasteiger partial charge is 0.335 e. The molecule has 0 radical (unpaired) electrons. The Bertz CT molecular complexity index is 1850. The molecule has 1 aliphatic rings.